The third kappa shape index (κ3) is 8.42. The molecule has 0 aromatic heterocycles. The van der Waals surface area contributed by atoms with Crippen molar-refractivity contribution in [3.63, 3.8) is 0 Å². The quantitative estimate of drug-likeness (QED) is 0.691. The first kappa shape index (κ1) is 21.9. The monoisotopic (exact) mass is 401 g/mol. The number of hydrogen-bond acceptors (Lipinski definition) is 4. The van der Waals surface area contributed by atoms with Crippen molar-refractivity contribution in [2.24, 2.45) is 0 Å². The first-order chi connectivity index (χ1) is 13.6. The zero-order valence-electron chi connectivity index (χ0n) is 16.5. The molecule has 2 aromatic carbocycles. The molecule has 0 aliphatic rings. The molecular formula is C21H24FN3O4. The lowest BCUT2D eigenvalue weighted by atomic mass is 10.1. The maximum absolute atomic E-state index is 13.2. The standard InChI is InChI=1S/C21H24FN3O4/c1-21(2,3)29-20(28)23-13-19(27)25-17-9-5-8-16(12-17)24-18(26)11-14-6-4-7-15(22)10-14/h4-10,12H,11,13H2,1-3H3,(H,23,28)(H,24,26)(H,25,27). The number of halogens is 1. The number of benzene rings is 2. The molecule has 2 aromatic rings. The summed E-state index contributed by atoms with van der Waals surface area (Å²) in [6.07, 6.45) is -0.667. The predicted octanol–water partition coefficient (Wildman–Crippen LogP) is 3.47. The highest BCUT2D eigenvalue weighted by Crippen LogP contribution is 2.16. The summed E-state index contributed by atoms with van der Waals surface area (Å²) < 4.78 is 18.3. The van der Waals surface area contributed by atoms with Gasteiger partial charge in [0.15, 0.2) is 0 Å². The van der Waals surface area contributed by atoms with E-state index in [1.165, 1.54) is 12.1 Å². The molecule has 0 fully saturated rings. The van der Waals surface area contributed by atoms with E-state index in [0.717, 1.165) is 0 Å². The van der Waals surface area contributed by atoms with Gasteiger partial charge < -0.3 is 20.7 Å². The molecule has 0 unspecified atom stereocenters. The van der Waals surface area contributed by atoms with Crippen LogP contribution in [0.25, 0.3) is 0 Å². The lowest BCUT2D eigenvalue weighted by molar-refractivity contribution is -0.116. The van der Waals surface area contributed by atoms with E-state index >= 15 is 0 Å². The maximum Gasteiger partial charge on any atom is 0.408 e. The number of hydrogen-bond donors (Lipinski definition) is 3. The average molecular weight is 401 g/mol. The molecule has 3 amide bonds. The summed E-state index contributed by atoms with van der Waals surface area (Å²) in [5.41, 5.74) is 0.826. The molecule has 0 bridgehead atoms. The van der Waals surface area contributed by atoms with Gasteiger partial charge in [-0.25, -0.2) is 9.18 Å². The third-order valence-corrected chi connectivity index (χ3v) is 3.48. The van der Waals surface area contributed by atoms with E-state index in [2.05, 4.69) is 16.0 Å². The van der Waals surface area contributed by atoms with Gasteiger partial charge in [-0.3, -0.25) is 9.59 Å². The summed E-state index contributed by atoms with van der Waals surface area (Å²) in [6, 6.07) is 12.4. The summed E-state index contributed by atoms with van der Waals surface area (Å²) in [7, 11) is 0. The van der Waals surface area contributed by atoms with Crippen molar-refractivity contribution in [1.29, 1.82) is 0 Å². The van der Waals surface area contributed by atoms with Gasteiger partial charge in [-0.05, 0) is 56.7 Å². The normalized spacial score (nSPS) is 10.8. The number of nitrogens with one attached hydrogen (secondary N) is 3. The van der Waals surface area contributed by atoms with E-state index in [1.807, 2.05) is 0 Å². The lowest BCUT2D eigenvalue weighted by Gasteiger charge is -2.19. The van der Waals surface area contributed by atoms with E-state index in [9.17, 15) is 18.8 Å². The highest BCUT2D eigenvalue weighted by atomic mass is 19.1. The number of anilines is 2. The second-order valence-electron chi connectivity index (χ2n) is 7.34. The minimum atomic E-state index is -0.689. The minimum Gasteiger partial charge on any atom is -0.444 e. The Labute approximate surface area is 168 Å². The third-order valence-electron chi connectivity index (χ3n) is 3.48. The van der Waals surface area contributed by atoms with Gasteiger partial charge in [-0.15, -0.1) is 0 Å². The number of carbonyl (C=O) groups is 3. The molecule has 0 aliphatic carbocycles. The number of ether oxygens (including phenoxy) is 1. The molecule has 0 spiro atoms. The first-order valence-electron chi connectivity index (χ1n) is 9.02. The summed E-state index contributed by atoms with van der Waals surface area (Å²) in [5.74, 6) is -1.16. The fraction of sp³-hybridized carbons (Fsp3) is 0.286. The van der Waals surface area contributed by atoms with Gasteiger partial charge in [0.1, 0.15) is 18.0 Å². The van der Waals surface area contributed by atoms with Crippen molar-refractivity contribution < 1.29 is 23.5 Å². The summed E-state index contributed by atoms with van der Waals surface area (Å²) >= 11 is 0. The van der Waals surface area contributed by atoms with Crippen LogP contribution in [0.5, 0.6) is 0 Å². The highest BCUT2D eigenvalue weighted by molar-refractivity contribution is 5.96. The fourth-order valence-corrected chi connectivity index (χ4v) is 2.38. The number of carbonyl (C=O) groups excluding carboxylic acids is 3. The van der Waals surface area contributed by atoms with Gasteiger partial charge in [0.05, 0.1) is 6.42 Å². The SMILES string of the molecule is CC(C)(C)OC(=O)NCC(=O)Nc1cccc(NC(=O)Cc2cccc(F)c2)c1. The molecule has 0 heterocycles. The van der Waals surface area contributed by atoms with Crippen molar-refractivity contribution >= 4 is 29.3 Å². The molecule has 3 N–H and O–H groups in total. The van der Waals surface area contributed by atoms with Gasteiger partial charge in [0, 0.05) is 11.4 Å². The van der Waals surface area contributed by atoms with Crippen LogP contribution in [0, 0.1) is 5.82 Å². The van der Waals surface area contributed by atoms with Crippen LogP contribution < -0.4 is 16.0 Å². The fourth-order valence-electron chi connectivity index (χ4n) is 2.38. The van der Waals surface area contributed by atoms with E-state index in [4.69, 9.17) is 4.74 Å². The van der Waals surface area contributed by atoms with Crippen LogP contribution in [0.15, 0.2) is 48.5 Å². The molecule has 0 saturated heterocycles. The van der Waals surface area contributed by atoms with Crippen molar-refractivity contribution in [2.75, 3.05) is 17.2 Å². The number of amides is 3. The van der Waals surface area contributed by atoms with Crippen molar-refractivity contribution in [1.82, 2.24) is 5.32 Å². The molecule has 2 rings (SSSR count). The Bertz CT molecular complexity index is 893. The zero-order chi connectivity index (χ0) is 21.4. The van der Waals surface area contributed by atoms with E-state index in [0.29, 0.717) is 16.9 Å². The Hall–Kier alpha value is -3.42. The molecule has 154 valence electrons. The highest BCUT2D eigenvalue weighted by Gasteiger charge is 2.16. The van der Waals surface area contributed by atoms with Crippen molar-refractivity contribution in [3.05, 3.63) is 59.9 Å². The average Bonchev–Trinajstić information content (AvgIpc) is 2.59. The largest absolute Gasteiger partial charge is 0.444 e. The van der Waals surface area contributed by atoms with Crippen LogP contribution in [0.2, 0.25) is 0 Å². The topological polar surface area (TPSA) is 96.5 Å². The Morgan fingerprint density at radius 1 is 0.931 bits per heavy atom. The number of alkyl carbamates (subject to hydrolysis) is 1. The van der Waals surface area contributed by atoms with E-state index in [-0.39, 0.29) is 18.9 Å². The Kier molecular flexibility index (Phi) is 7.30. The second kappa shape index (κ2) is 9.68. The molecule has 8 heteroatoms. The van der Waals surface area contributed by atoms with E-state index < -0.39 is 23.4 Å². The smallest absolute Gasteiger partial charge is 0.408 e. The van der Waals surface area contributed by atoms with Crippen molar-refractivity contribution in [3.8, 4) is 0 Å². The summed E-state index contributed by atoms with van der Waals surface area (Å²) in [4.78, 5) is 35.7. The van der Waals surface area contributed by atoms with Gasteiger partial charge in [-0.2, -0.15) is 0 Å². The molecule has 29 heavy (non-hydrogen) atoms. The maximum atomic E-state index is 13.2. The number of rotatable bonds is 6. The minimum absolute atomic E-state index is 0.0220. The predicted molar refractivity (Wildman–Crippen MR) is 108 cm³/mol. The van der Waals surface area contributed by atoms with Gasteiger partial charge in [0.2, 0.25) is 11.8 Å². The Balaban J connectivity index is 1.86. The van der Waals surface area contributed by atoms with Gasteiger partial charge in [-0.1, -0.05) is 18.2 Å². The van der Waals surface area contributed by atoms with Gasteiger partial charge >= 0.3 is 6.09 Å². The molecule has 0 radical (unpaired) electrons. The zero-order valence-corrected chi connectivity index (χ0v) is 16.5. The second-order valence-corrected chi connectivity index (χ2v) is 7.34. The van der Waals surface area contributed by atoms with Crippen LogP contribution in [-0.2, 0) is 20.7 Å². The van der Waals surface area contributed by atoms with Gasteiger partial charge in [0.25, 0.3) is 0 Å². The van der Waals surface area contributed by atoms with E-state index in [1.54, 1.807) is 57.2 Å². The Morgan fingerprint density at radius 2 is 1.55 bits per heavy atom. The molecule has 0 atom stereocenters. The molecule has 0 aliphatic heterocycles. The van der Waals surface area contributed by atoms with Crippen LogP contribution in [0.3, 0.4) is 0 Å². The van der Waals surface area contributed by atoms with Crippen LogP contribution in [-0.4, -0.2) is 30.1 Å². The summed E-state index contributed by atoms with van der Waals surface area (Å²) in [5, 5.41) is 7.68. The lowest BCUT2D eigenvalue weighted by Crippen LogP contribution is -2.37. The molecule has 0 saturated carbocycles. The van der Waals surface area contributed by atoms with Crippen molar-refractivity contribution in [2.45, 2.75) is 32.8 Å². The Morgan fingerprint density at radius 3 is 2.17 bits per heavy atom. The summed E-state index contributed by atoms with van der Waals surface area (Å²) in [6.45, 7) is 4.91. The van der Waals surface area contributed by atoms with Crippen LogP contribution in [0.4, 0.5) is 20.6 Å². The van der Waals surface area contributed by atoms with Crippen LogP contribution >= 0.6 is 0 Å². The first-order valence-corrected chi connectivity index (χ1v) is 9.02. The molecule has 7 nitrogen and oxygen atoms in total. The molecular weight excluding hydrogens is 377 g/mol. The van der Waals surface area contributed by atoms with Crippen LogP contribution in [0.1, 0.15) is 26.3 Å².